The molecule has 0 unspecified atom stereocenters. The molecule has 0 atom stereocenters. The number of fused-ring (bicyclic) bond motifs is 1. The van der Waals surface area contributed by atoms with Crippen molar-refractivity contribution >= 4 is 40.1 Å². The minimum absolute atomic E-state index is 0.531. The van der Waals surface area contributed by atoms with E-state index in [0.29, 0.717) is 23.3 Å². The Morgan fingerprint density at radius 1 is 1.09 bits per heavy atom. The summed E-state index contributed by atoms with van der Waals surface area (Å²) in [5, 5.41) is 2.07. The molecule has 1 fully saturated rings. The molecule has 5 nitrogen and oxygen atoms in total. The summed E-state index contributed by atoms with van der Waals surface area (Å²) in [4.78, 5) is 14.3. The summed E-state index contributed by atoms with van der Waals surface area (Å²) in [6, 6.07) is 5.62. The number of hydrogen-bond acceptors (Lipinski definition) is 4. The van der Waals surface area contributed by atoms with Crippen molar-refractivity contribution in [2.24, 2.45) is 0 Å². The van der Waals surface area contributed by atoms with Gasteiger partial charge in [0.2, 0.25) is 0 Å². The Kier molecular flexibility index (Phi) is 3.85. The first-order chi connectivity index (χ1) is 11.2. The molecule has 3 aromatic rings. The van der Waals surface area contributed by atoms with Crippen LogP contribution in [-0.4, -0.2) is 41.3 Å². The van der Waals surface area contributed by atoms with Crippen LogP contribution >= 0.6 is 23.2 Å². The van der Waals surface area contributed by atoms with Gasteiger partial charge in [0.1, 0.15) is 17.8 Å². The number of aromatic amines is 1. The molecule has 0 amide bonds. The van der Waals surface area contributed by atoms with E-state index >= 15 is 0 Å². The van der Waals surface area contributed by atoms with Gasteiger partial charge in [-0.2, -0.15) is 0 Å². The van der Waals surface area contributed by atoms with Gasteiger partial charge in [0.15, 0.2) is 0 Å². The van der Waals surface area contributed by atoms with E-state index in [-0.39, 0.29) is 0 Å². The molecule has 118 valence electrons. The molecule has 1 saturated heterocycles. The lowest BCUT2D eigenvalue weighted by molar-refractivity contribution is 0.122. The van der Waals surface area contributed by atoms with Gasteiger partial charge in [0, 0.05) is 24.8 Å². The van der Waals surface area contributed by atoms with Crippen LogP contribution in [0, 0.1) is 0 Å². The lowest BCUT2D eigenvalue weighted by atomic mass is 10.1. The third kappa shape index (κ3) is 2.65. The number of nitrogens with one attached hydrogen (secondary N) is 1. The quantitative estimate of drug-likeness (QED) is 0.765. The summed E-state index contributed by atoms with van der Waals surface area (Å²) >= 11 is 12.2. The number of ether oxygens (including phenoxy) is 1. The minimum Gasteiger partial charge on any atom is -0.378 e. The standard InChI is InChI=1S/C16H14Cl2N4O/c17-12-2-1-10(7-13(12)18)11-8-19-15-14(11)16(21-9-20-15)22-3-5-23-6-4-22/h1-2,7-9H,3-6H2,(H,19,20,21). The summed E-state index contributed by atoms with van der Waals surface area (Å²) in [6.07, 6.45) is 3.52. The number of nitrogens with zero attached hydrogens (tertiary/aromatic N) is 3. The zero-order valence-corrected chi connectivity index (χ0v) is 13.7. The second-order valence-corrected chi connectivity index (χ2v) is 6.17. The van der Waals surface area contributed by atoms with Crippen molar-refractivity contribution < 1.29 is 4.74 Å². The highest BCUT2D eigenvalue weighted by Gasteiger charge is 2.19. The average molecular weight is 349 g/mol. The van der Waals surface area contributed by atoms with Gasteiger partial charge < -0.3 is 14.6 Å². The van der Waals surface area contributed by atoms with E-state index in [2.05, 4.69) is 19.9 Å². The maximum atomic E-state index is 6.17. The largest absolute Gasteiger partial charge is 0.378 e. The van der Waals surface area contributed by atoms with E-state index < -0.39 is 0 Å². The monoisotopic (exact) mass is 348 g/mol. The van der Waals surface area contributed by atoms with Gasteiger partial charge >= 0.3 is 0 Å². The molecule has 1 aromatic carbocycles. The maximum absolute atomic E-state index is 6.17. The first-order valence-corrected chi connectivity index (χ1v) is 8.10. The van der Waals surface area contributed by atoms with E-state index in [1.165, 1.54) is 0 Å². The van der Waals surface area contributed by atoms with Crippen LogP contribution in [0.4, 0.5) is 5.82 Å². The van der Waals surface area contributed by atoms with Crippen molar-refractivity contribution in [3.8, 4) is 11.1 Å². The van der Waals surface area contributed by atoms with E-state index in [9.17, 15) is 0 Å². The van der Waals surface area contributed by atoms with E-state index in [1.54, 1.807) is 12.4 Å². The molecule has 0 aliphatic carbocycles. The Balaban J connectivity index is 1.88. The Morgan fingerprint density at radius 2 is 1.91 bits per heavy atom. The highest BCUT2D eigenvalue weighted by atomic mass is 35.5. The SMILES string of the molecule is Clc1ccc(-c2c[nH]c3ncnc(N4CCOCC4)c23)cc1Cl. The number of H-pyrrole nitrogens is 1. The maximum Gasteiger partial charge on any atom is 0.143 e. The van der Waals surface area contributed by atoms with Gasteiger partial charge in [0.05, 0.1) is 28.6 Å². The molecular weight excluding hydrogens is 335 g/mol. The first-order valence-electron chi connectivity index (χ1n) is 7.34. The zero-order valence-electron chi connectivity index (χ0n) is 12.2. The highest BCUT2D eigenvalue weighted by molar-refractivity contribution is 6.42. The normalized spacial score (nSPS) is 15.3. The fraction of sp³-hybridized carbons (Fsp3) is 0.250. The number of halogens is 2. The summed E-state index contributed by atoms with van der Waals surface area (Å²) in [7, 11) is 0. The molecule has 4 rings (SSSR count). The Bertz CT molecular complexity index is 858. The minimum atomic E-state index is 0.531. The van der Waals surface area contributed by atoms with Crippen LogP contribution in [-0.2, 0) is 4.74 Å². The third-order valence-corrected chi connectivity index (χ3v) is 4.73. The van der Waals surface area contributed by atoms with Gasteiger partial charge in [-0.3, -0.25) is 0 Å². The van der Waals surface area contributed by atoms with Gasteiger partial charge in [-0.15, -0.1) is 0 Å². The molecule has 1 N–H and O–H groups in total. The van der Waals surface area contributed by atoms with E-state index in [1.807, 2.05) is 18.3 Å². The molecule has 1 aliphatic rings. The molecule has 3 heterocycles. The van der Waals surface area contributed by atoms with Crippen LogP contribution < -0.4 is 4.90 Å². The topological polar surface area (TPSA) is 54.0 Å². The lowest BCUT2D eigenvalue weighted by Crippen LogP contribution is -2.36. The number of hydrogen-bond donors (Lipinski definition) is 1. The van der Waals surface area contributed by atoms with Crippen molar-refractivity contribution in [1.29, 1.82) is 0 Å². The van der Waals surface area contributed by atoms with Crippen molar-refractivity contribution in [3.05, 3.63) is 40.8 Å². The molecular formula is C16H14Cl2N4O. The smallest absolute Gasteiger partial charge is 0.143 e. The summed E-state index contributed by atoms with van der Waals surface area (Å²) in [5.74, 6) is 0.917. The second-order valence-electron chi connectivity index (χ2n) is 5.35. The molecule has 0 radical (unpaired) electrons. The fourth-order valence-corrected chi connectivity index (χ4v) is 3.15. The van der Waals surface area contributed by atoms with E-state index in [0.717, 1.165) is 41.1 Å². The van der Waals surface area contributed by atoms with Crippen molar-refractivity contribution in [1.82, 2.24) is 15.0 Å². The van der Waals surface area contributed by atoms with Crippen LogP contribution in [0.5, 0.6) is 0 Å². The number of aromatic nitrogens is 3. The number of anilines is 1. The summed E-state index contributed by atoms with van der Waals surface area (Å²) in [6.45, 7) is 3.05. The van der Waals surface area contributed by atoms with Gasteiger partial charge in [-0.1, -0.05) is 29.3 Å². The Labute approximate surface area is 143 Å². The van der Waals surface area contributed by atoms with Crippen LogP contribution in [0.25, 0.3) is 22.2 Å². The van der Waals surface area contributed by atoms with Crippen molar-refractivity contribution in [3.63, 3.8) is 0 Å². The zero-order chi connectivity index (χ0) is 15.8. The fourth-order valence-electron chi connectivity index (χ4n) is 2.85. The van der Waals surface area contributed by atoms with Crippen molar-refractivity contribution in [2.45, 2.75) is 0 Å². The summed E-state index contributed by atoms with van der Waals surface area (Å²) < 4.78 is 5.43. The highest BCUT2D eigenvalue weighted by Crippen LogP contribution is 2.36. The molecule has 1 aliphatic heterocycles. The number of morpholine rings is 1. The molecule has 0 spiro atoms. The molecule has 7 heteroatoms. The third-order valence-electron chi connectivity index (χ3n) is 3.99. The Hall–Kier alpha value is -1.82. The first kappa shape index (κ1) is 14.8. The molecule has 23 heavy (non-hydrogen) atoms. The second kappa shape index (κ2) is 6.00. The van der Waals surface area contributed by atoms with Gasteiger partial charge in [-0.05, 0) is 17.7 Å². The lowest BCUT2D eigenvalue weighted by Gasteiger charge is -2.28. The predicted molar refractivity (Wildman–Crippen MR) is 92.4 cm³/mol. The molecule has 0 saturated carbocycles. The number of benzene rings is 1. The number of rotatable bonds is 2. The Morgan fingerprint density at radius 3 is 2.70 bits per heavy atom. The van der Waals surface area contributed by atoms with Gasteiger partial charge in [-0.25, -0.2) is 9.97 Å². The van der Waals surface area contributed by atoms with Crippen LogP contribution in [0.1, 0.15) is 0 Å². The van der Waals surface area contributed by atoms with Gasteiger partial charge in [0.25, 0.3) is 0 Å². The van der Waals surface area contributed by atoms with Crippen LogP contribution in [0.3, 0.4) is 0 Å². The average Bonchev–Trinajstić information content (AvgIpc) is 3.02. The van der Waals surface area contributed by atoms with Crippen LogP contribution in [0.15, 0.2) is 30.7 Å². The van der Waals surface area contributed by atoms with E-state index in [4.69, 9.17) is 27.9 Å². The molecule has 0 bridgehead atoms. The van der Waals surface area contributed by atoms with Crippen LogP contribution in [0.2, 0.25) is 10.0 Å². The summed E-state index contributed by atoms with van der Waals surface area (Å²) in [5.41, 5.74) is 2.80. The predicted octanol–water partition coefficient (Wildman–Crippen LogP) is 3.77. The molecule has 2 aromatic heterocycles. The van der Waals surface area contributed by atoms with Crippen molar-refractivity contribution in [2.75, 3.05) is 31.2 Å².